The molecule has 0 aliphatic heterocycles. The summed E-state index contributed by atoms with van der Waals surface area (Å²) in [4.78, 5) is 10.7. The van der Waals surface area contributed by atoms with Crippen molar-refractivity contribution in [3.8, 4) is 5.75 Å². The highest BCUT2D eigenvalue weighted by Gasteiger charge is 2.27. The molecule has 1 aliphatic rings. The van der Waals surface area contributed by atoms with E-state index < -0.39 is 28.2 Å². The van der Waals surface area contributed by atoms with Crippen LogP contribution in [0.1, 0.15) is 30.0 Å². The van der Waals surface area contributed by atoms with Crippen molar-refractivity contribution in [1.82, 2.24) is 5.32 Å². The molecular weight excluding hydrogens is 444 g/mol. The molecule has 2 N–H and O–H groups in total. The molecule has 10 heteroatoms. The van der Waals surface area contributed by atoms with Crippen molar-refractivity contribution in [2.24, 2.45) is 0 Å². The van der Waals surface area contributed by atoms with Crippen molar-refractivity contribution in [3.05, 3.63) is 57.3 Å². The zero-order chi connectivity index (χ0) is 21.2. The number of benzene rings is 2. The fraction of sp³-hybridized carbons (Fsp3) is 0.316. The molecule has 6 nitrogen and oxygen atoms in total. The van der Waals surface area contributed by atoms with Crippen LogP contribution in [-0.2, 0) is 21.1 Å². The fourth-order valence-electron chi connectivity index (χ4n) is 3.34. The molecular formula is C19H18Cl2FNO5S. The molecule has 0 saturated carbocycles. The van der Waals surface area contributed by atoms with Gasteiger partial charge in [0, 0.05) is 16.6 Å². The average molecular weight is 462 g/mol. The van der Waals surface area contributed by atoms with Gasteiger partial charge in [-0.25, -0.2) is 17.6 Å². The van der Waals surface area contributed by atoms with Crippen molar-refractivity contribution in [3.63, 3.8) is 0 Å². The second kappa shape index (κ2) is 8.87. The highest BCUT2D eigenvalue weighted by molar-refractivity contribution is 7.91. The maximum atomic E-state index is 14.2. The Morgan fingerprint density at radius 1 is 1.28 bits per heavy atom. The molecule has 156 valence electrons. The Kier molecular flexibility index (Phi) is 6.68. The number of nitrogens with one attached hydrogen (secondary N) is 1. The van der Waals surface area contributed by atoms with Crippen LogP contribution in [0.2, 0.25) is 10.0 Å². The van der Waals surface area contributed by atoms with E-state index in [9.17, 15) is 17.6 Å². The van der Waals surface area contributed by atoms with E-state index in [2.05, 4.69) is 5.32 Å². The lowest BCUT2D eigenvalue weighted by Gasteiger charge is -2.28. The van der Waals surface area contributed by atoms with E-state index in [4.69, 9.17) is 33.0 Å². The molecule has 0 heterocycles. The molecule has 3 rings (SSSR count). The number of fused-ring (bicyclic) bond motifs is 1. The molecule has 0 bridgehead atoms. The van der Waals surface area contributed by atoms with Crippen LogP contribution in [0.4, 0.5) is 4.39 Å². The summed E-state index contributed by atoms with van der Waals surface area (Å²) in [5.74, 6) is -2.35. The number of hydrogen-bond acceptors (Lipinski definition) is 5. The quantitative estimate of drug-likeness (QED) is 0.647. The summed E-state index contributed by atoms with van der Waals surface area (Å²) in [6.45, 7) is -0.660. The first-order valence-corrected chi connectivity index (χ1v) is 11.2. The third-order valence-corrected chi connectivity index (χ3v) is 6.86. The lowest BCUT2D eigenvalue weighted by atomic mass is 9.87. The Morgan fingerprint density at radius 3 is 2.76 bits per heavy atom. The van der Waals surface area contributed by atoms with E-state index in [0.717, 1.165) is 0 Å². The first-order valence-electron chi connectivity index (χ1n) is 8.76. The normalized spacial score (nSPS) is 16.3. The van der Waals surface area contributed by atoms with E-state index in [1.807, 2.05) is 0 Å². The van der Waals surface area contributed by atoms with Crippen LogP contribution < -0.4 is 10.1 Å². The van der Waals surface area contributed by atoms with E-state index in [1.165, 1.54) is 24.3 Å². The van der Waals surface area contributed by atoms with Crippen molar-refractivity contribution >= 4 is 39.0 Å². The Morgan fingerprint density at radius 2 is 2.03 bits per heavy atom. The zero-order valence-electron chi connectivity index (χ0n) is 15.1. The van der Waals surface area contributed by atoms with Crippen molar-refractivity contribution < 1.29 is 27.4 Å². The highest BCUT2D eigenvalue weighted by Crippen LogP contribution is 2.37. The summed E-state index contributed by atoms with van der Waals surface area (Å²) >= 11 is 11.9. The van der Waals surface area contributed by atoms with Crippen LogP contribution >= 0.6 is 23.2 Å². The Balaban J connectivity index is 1.83. The van der Waals surface area contributed by atoms with Gasteiger partial charge in [0.15, 0.2) is 28.0 Å². The van der Waals surface area contributed by atoms with Crippen LogP contribution in [0.5, 0.6) is 5.75 Å². The number of hydrogen-bond donors (Lipinski definition) is 2. The molecule has 0 aromatic heterocycles. The van der Waals surface area contributed by atoms with Crippen LogP contribution in [0, 0.1) is 5.82 Å². The number of carboxylic acids is 1. The third-order valence-electron chi connectivity index (χ3n) is 4.63. The average Bonchev–Trinajstić information content (AvgIpc) is 2.67. The van der Waals surface area contributed by atoms with Gasteiger partial charge in [0.2, 0.25) is 0 Å². The number of ether oxygens (including phenoxy) is 1. The SMILES string of the molecule is O=C(O)COc1c(F)ccc2c1CCCC2NCS(=O)(=O)c1cc(Cl)ccc1Cl. The number of carboxylic acid groups (broad SMARTS) is 1. The molecule has 0 amide bonds. The van der Waals surface area contributed by atoms with E-state index in [0.29, 0.717) is 30.4 Å². The minimum absolute atomic E-state index is 0.0696. The lowest BCUT2D eigenvalue weighted by molar-refractivity contribution is -0.139. The highest BCUT2D eigenvalue weighted by atomic mass is 35.5. The van der Waals surface area contributed by atoms with Gasteiger partial charge in [-0.1, -0.05) is 29.3 Å². The first kappa shape index (κ1) is 21.8. The van der Waals surface area contributed by atoms with Crippen molar-refractivity contribution in [2.75, 3.05) is 12.5 Å². The number of aliphatic carboxylic acids is 1. The molecule has 1 aliphatic carbocycles. The van der Waals surface area contributed by atoms with E-state index in [1.54, 1.807) is 6.07 Å². The van der Waals surface area contributed by atoms with Gasteiger partial charge in [-0.05, 0) is 49.1 Å². The molecule has 0 radical (unpaired) electrons. The largest absolute Gasteiger partial charge is 0.479 e. The number of carbonyl (C=O) groups is 1. The topological polar surface area (TPSA) is 92.7 Å². The van der Waals surface area contributed by atoms with Gasteiger partial charge in [0.25, 0.3) is 0 Å². The first-order chi connectivity index (χ1) is 13.7. The molecule has 0 fully saturated rings. The predicted octanol–water partition coefficient (Wildman–Crippen LogP) is 3.99. The Hall–Kier alpha value is -1.87. The summed E-state index contributed by atoms with van der Waals surface area (Å²) in [5.41, 5.74) is 1.23. The smallest absolute Gasteiger partial charge is 0.341 e. The van der Waals surface area contributed by atoms with Gasteiger partial charge in [-0.15, -0.1) is 0 Å². The van der Waals surface area contributed by atoms with Crippen LogP contribution in [0.3, 0.4) is 0 Å². The summed E-state index contributed by atoms with van der Waals surface area (Å²) < 4.78 is 44.7. The van der Waals surface area contributed by atoms with Gasteiger partial charge in [0.1, 0.15) is 5.88 Å². The maximum Gasteiger partial charge on any atom is 0.341 e. The summed E-state index contributed by atoms with van der Waals surface area (Å²) in [6.07, 6.45) is 1.80. The minimum Gasteiger partial charge on any atom is -0.479 e. The van der Waals surface area contributed by atoms with Crippen LogP contribution in [0.15, 0.2) is 35.2 Å². The second-order valence-electron chi connectivity index (χ2n) is 6.61. The second-order valence-corrected chi connectivity index (χ2v) is 9.41. The number of rotatable bonds is 7. The fourth-order valence-corrected chi connectivity index (χ4v) is 5.30. The van der Waals surface area contributed by atoms with Crippen LogP contribution in [-0.4, -0.2) is 32.0 Å². The standard InChI is InChI=1S/C19H18Cl2FNO5S/c20-11-4-6-14(21)17(8-11)29(26,27)10-23-16-3-1-2-13-12(16)5-7-15(22)19(13)28-9-18(24)25/h4-8,16,23H,1-3,9-10H2,(H,24,25). The number of halogens is 3. The third kappa shape index (κ3) is 5.01. The van der Waals surface area contributed by atoms with Gasteiger partial charge in [-0.2, -0.15) is 0 Å². The van der Waals surface area contributed by atoms with Gasteiger partial charge >= 0.3 is 5.97 Å². The molecule has 2 aromatic rings. The van der Waals surface area contributed by atoms with Crippen molar-refractivity contribution in [1.29, 1.82) is 0 Å². The molecule has 1 unspecified atom stereocenters. The number of sulfone groups is 1. The summed E-state index contributed by atoms with van der Waals surface area (Å²) in [7, 11) is -3.77. The lowest BCUT2D eigenvalue weighted by Crippen LogP contribution is -2.30. The van der Waals surface area contributed by atoms with E-state index in [-0.39, 0.29) is 32.6 Å². The van der Waals surface area contributed by atoms with E-state index >= 15 is 0 Å². The molecule has 1 atom stereocenters. The molecule has 0 saturated heterocycles. The zero-order valence-corrected chi connectivity index (χ0v) is 17.5. The monoisotopic (exact) mass is 461 g/mol. The minimum atomic E-state index is -3.77. The summed E-state index contributed by atoms with van der Waals surface area (Å²) in [6, 6.07) is 6.61. The molecule has 2 aromatic carbocycles. The predicted molar refractivity (Wildman–Crippen MR) is 107 cm³/mol. The molecule has 29 heavy (non-hydrogen) atoms. The van der Waals surface area contributed by atoms with Crippen molar-refractivity contribution in [2.45, 2.75) is 30.2 Å². The van der Waals surface area contributed by atoms with Gasteiger partial charge in [-0.3, -0.25) is 5.32 Å². The van der Waals surface area contributed by atoms with Crippen LogP contribution in [0.25, 0.3) is 0 Å². The Labute approximate surface area is 177 Å². The Bertz CT molecular complexity index is 1050. The van der Waals surface area contributed by atoms with Gasteiger partial charge < -0.3 is 9.84 Å². The molecule has 0 spiro atoms. The maximum absolute atomic E-state index is 14.2. The van der Waals surface area contributed by atoms with Gasteiger partial charge in [0.05, 0.1) is 9.92 Å². The summed E-state index contributed by atoms with van der Waals surface area (Å²) in [5, 5.41) is 12.1.